The molecule has 0 saturated carbocycles. The van der Waals surface area contributed by atoms with E-state index in [1.54, 1.807) is 18.5 Å². The van der Waals surface area contributed by atoms with E-state index in [2.05, 4.69) is 15.3 Å². The summed E-state index contributed by atoms with van der Waals surface area (Å²) in [7, 11) is 0. The van der Waals surface area contributed by atoms with E-state index < -0.39 is 10.8 Å². The molecule has 0 unspecified atom stereocenters. The minimum Gasteiger partial charge on any atom is -0.321 e. The number of non-ortho nitro benzene ring substituents is 1. The topological polar surface area (TPSA) is 103 Å². The van der Waals surface area contributed by atoms with Crippen molar-refractivity contribution in [2.45, 2.75) is 0 Å². The summed E-state index contributed by atoms with van der Waals surface area (Å²) in [6.45, 7) is 0. The van der Waals surface area contributed by atoms with Crippen LogP contribution in [0.1, 0.15) is 10.4 Å². The predicted octanol–water partition coefficient (Wildman–Crippen LogP) is 4.23. The third-order valence-electron chi connectivity index (χ3n) is 4.11. The normalized spacial score (nSPS) is 10.8. The maximum atomic E-state index is 12.4. The first-order chi connectivity index (χ1) is 13.5. The summed E-state index contributed by atoms with van der Waals surface area (Å²) in [5, 5.41) is 13.4. The number of amides is 1. The molecule has 0 atom stereocenters. The second kappa shape index (κ2) is 7.09. The Morgan fingerprint density at radius 2 is 1.93 bits per heavy atom. The number of nitrogens with zero attached hydrogens (tertiary/aromatic N) is 4. The average Bonchev–Trinajstić information content (AvgIpc) is 3.12. The summed E-state index contributed by atoms with van der Waals surface area (Å²) < 4.78 is 1.84. The summed E-state index contributed by atoms with van der Waals surface area (Å²) >= 11 is 5.99. The number of para-hydroxylation sites is 2. The quantitative estimate of drug-likeness (QED) is 0.412. The average molecular weight is 394 g/mol. The van der Waals surface area contributed by atoms with Gasteiger partial charge in [0.25, 0.3) is 11.6 Å². The molecule has 0 aliphatic carbocycles. The van der Waals surface area contributed by atoms with E-state index in [0.717, 1.165) is 17.1 Å². The lowest BCUT2D eigenvalue weighted by molar-refractivity contribution is -0.384. The van der Waals surface area contributed by atoms with Crippen molar-refractivity contribution < 1.29 is 9.72 Å². The fraction of sp³-hybridized carbons (Fsp3) is 0. The molecule has 2 aromatic heterocycles. The number of imidazole rings is 1. The number of anilines is 1. The first kappa shape index (κ1) is 17.6. The Kier molecular flexibility index (Phi) is 4.46. The highest BCUT2D eigenvalue weighted by Gasteiger charge is 2.15. The molecule has 4 rings (SSSR count). The van der Waals surface area contributed by atoms with Gasteiger partial charge in [-0.3, -0.25) is 19.5 Å². The Bertz CT molecular complexity index is 1200. The number of fused-ring (bicyclic) bond motifs is 1. The molecule has 4 aromatic rings. The molecule has 0 aliphatic rings. The zero-order valence-corrected chi connectivity index (χ0v) is 15.0. The van der Waals surface area contributed by atoms with Crippen molar-refractivity contribution in [3.8, 4) is 5.82 Å². The summed E-state index contributed by atoms with van der Waals surface area (Å²) in [5.74, 6) is 0.169. The third-order valence-corrected chi connectivity index (χ3v) is 4.43. The molecule has 8 nitrogen and oxygen atoms in total. The minimum absolute atomic E-state index is 0.00108. The molecule has 0 aliphatic heterocycles. The highest BCUT2D eigenvalue weighted by Crippen LogP contribution is 2.24. The number of aromatic nitrogens is 3. The molecule has 0 fully saturated rings. The van der Waals surface area contributed by atoms with Gasteiger partial charge in [0.2, 0.25) is 0 Å². The molecule has 2 heterocycles. The van der Waals surface area contributed by atoms with Crippen molar-refractivity contribution in [2.24, 2.45) is 0 Å². The zero-order chi connectivity index (χ0) is 19.7. The number of nitrogens with one attached hydrogen (secondary N) is 1. The summed E-state index contributed by atoms with van der Waals surface area (Å²) in [6.07, 6.45) is 3.20. The van der Waals surface area contributed by atoms with Crippen molar-refractivity contribution in [1.82, 2.24) is 14.5 Å². The molecule has 0 bridgehead atoms. The Morgan fingerprint density at radius 1 is 1.11 bits per heavy atom. The van der Waals surface area contributed by atoms with Gasteiger partial charge in [-0.25, -0.2) is 9.97 Å². The summed E-state index contributed by atoms with van der Waals surface area (Å²) in [5.41, 5.74) is 2.20. The van der Waals surface area contributed by atoms with Gasteiger partial charge in [0.15, 0.2) is 0 Å². The maximum absolute atomic E-state index is 12.4. The maximum Gasteiger partial charge on any atom is 0.270 e. The largest absolute Gasteiger partial charge is 0.321 e. The van der Waals surface area contributed by atoms with E-state index in [9.17, 15) is 14.9 Å². The van der Waals surface area contributed by atoms with Crippen LogP contribution in [-0.2, 0) is 0 Å². The Balaban J connectivity index is 1.55. The van der Waals surface area contributed by atoms with E-state index in [1.165, 1.54) is 18.3 Å². The van der Waals surface area contributed by atoms with Gasteiger partial charge in [-0.2, -0.15) is 0 Å². The smallest absolute Gasteiger partial charge is 0.270 e. The van der Waals surface area contributed by atoms with Crippen molar-refractivity contribution in [3.05, 3.63) is 87.8 Å². The Labute approximate surface area is 163 Å². The van der Waals surface area contributed by atoms with Crippen LogP contribution in [0.2, 0.25) is 5.02 Å². The molecule has 1 N–H and O–H groups in total. The fourth-order valence-electron chi connectivity index (χ4n) is 2.74. The zero-order valence-electron chi connectivity index (χ0n) is 14.2. The van der Waals surface area contributed by atoms with Crippen molar-refractivity contribution >= 4 is 39.9 Å². The molecule has 0 spiro atoms. The van der Waals surface area contributed by atoms with Crippen LogP contribution in [0.3, 0.4) is 0 Å². The van der Waals surface area contributed by atoms with E-state index in [4.69, 9.17) is 11.6 Å². The van der Waals surface area contributed by atoms with Crippen molar-refractivity contribution in [3.63, 3.8) is 0 Å². The lowest BCUT2D eigenvalue weighted by Crippen LogP contribution is -2.13. The van der Waals surface area contributed by atoms with Crippen LogP contribution >= 0.6 is 11.6 Å². The second-order valence-corrected chi connectivity index (χ2v) is 6.29. The molecule has 138 valence electrons. The number of hydrogen-bond acceptors (Lipinski definition) is 5. The van der Waals surface area contributed by atoms with Crippen LogP contribution < -0.4 is 5.32 Å². The van der Waals surface area contributed by atoms with E-state index >= 15 is 0 Å². The number of carbonyl (C=O) groups excluding carboxylic acids is 1. The van der Waals surface area contributed by atoms with Gasteiger partial charge >= 0.3 is 0 Å². The second-order valence-electron chi connectivity index (χ2n) is 5.88. The lowest BCUT2D eigenvalue weighted by Gasteiger charge is -2.08. The molecule has 0 saturated heterocycles. The Hall–Kier alpha value is -3.78. The monoisotopic (exact) mass is 393 g/mol. The van der Waals surface area contributed by atoms with Gasteiger partial charge < -0.3 is 5.32 Å². The first-order valence-electron chi connectivity index (χ1n) is 8.17. The molecular formula is C19H12ClN5O3. The van der Waals surface area contributed by atoms with Crippen LogP contribution in [0.4, 0.5) is 11.4 Å². The van der Waals surface area contributed by atoms with Gasteiger partial charge in [-0.15, -0.1) is 0 Å². The number of halogens is 1. The van der Waals surface area contributed by atoms with Gasteiger partial charge in [0.1, 0.15) is 12.1 Å². The number of benzene rings is 2. The van der Waals surface area contributed by atoms with E-state index in [-0.39, 0.29) is 16.3 Å². The predicted molar refractivity (Wildman–Crippen MR) is 105 cm³/mol. The van der Waals surface area contributed by atoms with E-state index in [0.29, 0.717) is 11.5 Å². The molecule has 28 heavy (non-hydrogen) atoms. The molecule has 1 amide bonds. The van der Waals surface area contributed by atoms with Gasteiger partial charge in [-0.05, 0) is 30.3 Å². The van der Waals surface area contributed by atoms with Crippen LogP contribution in [0.15, 0.2) is 67.1 Å². The number of carbonyl (C=O) groups is 1. The standard InChI is InChI=1S/C19H12ClN5O3/c20-15-9-13(25(27)28)6-7-14(15)19(26)23-12-5-8-18(21-10-12)24-11-22-16-3-1-2-4-17(16)24/h1-11H,(H,23,26). The van der Waals surface area contributed by atoms with Crippen molar-refractivity contribution in [2.75, 3.05) is 5.32 Å². The van der Waals surface area contributed by atoms with E-state index in [1.807, 2.05) is 28.8 Å². The molecule has 9 heteroatoms. The molecule has 2 aromatic carbocycles. The summed E-state index contributed by atoms with van der Waals surface area (Å²) in [4.78, 5) is 31.3. The van der Waals surface area contributed by atoms with Crippen molar-refractivity contribution in [1.29, 1.82) is 0 Å². The SMILES string of the molecule is O=C(Nc1ccc(-n2cnc3ccccc32)nc1)c1ccc([N+](=O)[O-])cc1Cl. The number of pyridine rings is 1. The van der Waals surface area contributed by atoms with Crippen LogP contribution in [-0.4, -0.2) is 25.4 Å². The lowest BCUT2D eigenvalue weighted by atomic mass is 10.2. The minimum atomic E-state index is -0.573. The van der Waals surface area contributed by atoms with Gasteiger partial charge in [-0.1, -0.05) is 23.7 Å². The Morgan fingerprint density at radius 3 is 2.64 bits per heavy atom. The van der Waals surface area contributed by atoms with Gasteiger partial charge in [0, 0.05) is 12.1 Å². The third kappa shape index (κ3) is 3.28. The number of hydrogen-bond donors (Lipinski definition) is 1. The number of nitro groups is 1. The highest BCUT2D eigenvalue weighted by molar-refractivity contribution is 6.34. The summed E-state index contributed by atoms with van der Waals surface area (Å²) in [6, 6.07) is 14.8. The fourth-order valence-corrected chi connectivity index (χ4v) is 3.01. The first-order valence-corrected chi connectivity index (χ1v) is 8.54. The van der Waals surface area contributed by atoms with Crippen LogP contribution in [0.25, 0.3) is 16.9 Å². The van der Waals surface area contributed by atoms with Gasteiger partial charge in [0.05, 0.1) is 38.4 Å². The molecule has 0 radical (unpaired) electrons. The highest BCUT2D eigenvalue weighted by atomic mass is 35.5. The number of nitro benzene ring substituents is 1. The van der Waals surface area contributed by atoms with Crippen LogP contribution in [0, 0.1) is 10.1 Å². The molecular weight excluding hydrogens is 382 g/mol. The number of rotatable bonds is 4. The van der Waals surface area contributed by atoms with Crippen LogP contribution in [0.5, 0.6) is 0 Å².